The molecule has 3 heterocycles. The first kappa shape index (κ1) is 13.6. The third-order valence-corrected chi connectivity index (χ3v) is 4.97. The molecule has 0 amide bonds. The van der Waals surface area contributed by atoms with Crippen molar-refractivity contribution < 1.29 is 0 Å². The summed E-state index contributed by atoms with van der Waals surface area (Å²) in [5.74, 6) is 2.54. The summed E-state index contributed by atoms with van der Waals surface area (Å²) < 4.78 is 0. The van der Waals surface area contributed by atoms with E-state index in [1.54, 1.807) is 0 Å². The van der Waals surface area contributed by atoms with Gasteiger partial charge in [-0.15, -0.1) is 0 Å². The molecule has 0 saturated carbocycles. The molecule has 0 spiro atoms. The van der Waals surface area contributed by atoms with Gasteiger partial charge in [0.1, 0.15) is 17.5 Å². The van der Waals surface area contributed by atoms with Crippen LogP contribution in [0.5, 0.6) is 0 Å². The summed E-state index contributed by atoms with van der Waals surface area (Å²) in [6.45, 7) is 6.25. The van der Waals surface area contributed by atoms with E-state index in [-0.39, 0.29) is 0 Å². The highest BCUT2D eigenvalue weighted by Gasteiger charge is 2.35. The van der Waals surface area contributed by atoms with Crippen molar-refractivity contribution in [3.63, 3.8) is 0 Å². The van der Waals surface area contributed by atoms with Crippen molar-refractivity contribution in [3.8, 4) is 0 Å². The van der Waals surface area contributed by atoms with Gasteiger partial charge in [0.05, 0.1) is 0 Å². The Morgan fingerprint density at radius 3 is 2.70 bits per heavy atom. The molecule has 1 aromatic rings. The molecular weight excluding hydrogens is 250 g/mol. The Bertz CT molecular complexity index is 501. The highest BCUT2D eigenvalue weighted by Crippen LogP contribution is 2.31. The van der Waals surface area contributed by atoms with Crippen LogP contribution in [-0.4, -0.2) is 47.1 Å². The van der Waals surface area contributed by atoms with Gasteiger partial charge in [-0.2, -0.15) is 0 Å². The number of nitrogen functional groups attached to an aromatic ring is 1. The van der Waals surface area contributed by atoms with E-state index in [0.717, 1.165) is 42.8 Å². The molecule has 2 unspecified atom stereocenters. The molecule has 0 aliphatic carbocycles. The van der Waals surface area contributed by atoms with Crippen molar-refractivity contribution in [3.05, 3.63) is 11.4 Å². The molecule has 3 rings (SSSR count). The van der Waals surface area contributed by atoms with Gasteiger partial charge in [-0.1, -0.05) is 6.92 Å². The second-order valence-corrected chi connectivity index (χ2v) is 6.11. The van der Waals surface area contributed by atoms with Crippen LogP contribution in [0.3, 0.4) is 0 Å². The number of hydrogen-bond acceptors (Lipinski definition) is 5. The van der Waals surface area contributed by atoms with E-state index in [9.17, 15) is 0 Å². The summed E-state index contributed by atoms with van der Waals surface area (Å²) in [6, 6.07) is 1.40. The molecule has 2 saturated heterocycles. The number of hydrogen-bond donors (Lipinski definition) is 1. The van der Waals surface area contributed by atoms with Crippen LogP contribution in [-0.2, 0) is 6.42 Å². The number of nitrogens with two attached hydrogens (primary N) is 1. The fraction of sp³-hybridized carbons (Fsp3) is 0.733. The lowest BCUT2D eigenvalue weighted by atomic mass is 10.1. The topological polar surface area (TPSA) is 58.3 Å². The summed E-state index contributed by atoms with van der Waals surface area (Å²) in [6.07, 6.45) is 4.70. The van der Waals surface area contributed by atoms with Crippen molar-refractivity contribution >= 4 is 11.6 Å². The van der Waals surface area contributed by atoms with Crippen molar-refractivity contribution in [1.82, 2.24) is 14.9 Å². The van der Waals surface area contributed by atoms with Gasteiger partial charge in [0.25, 0.3) is 0 Å². The predicted molar refractivity (Wildman–Crippen MR) is 82.0 cm³/mol. The maximum absolute atomic E-state index is 6.06. The Morgan fingerprint density at radius 1 is 1.20 bits per heavy atom. The van der Waals surface area contributed by atoms with Crippen LogP contribution < -0.4 is 10.6 Å². The zero-order chi connectivity index (χ0) is 14.3. The van der Waals surface area contributed by atoms with Gasteiger partial charge in [-0.05, 0) is 33.2 Å². The molecule has 20 heavy (non-hydrogen) atoms. The molecule has 0 radical (unpaired) electrons. The second kappa shape index (κ2) is 5.20. The number of rotatable bonds is 2. The van der Waals surface area contributed by atoms with Crippen LogP contribution in [0.4, 0.5) is 11.6 Å². The Balaban J connectivity index is 1.91. The normalized spacial score (nSPS) is 26.9. The summed E-state index contributed by atoms with van der Waals surface area (Å²) >= 11 is 0. The third-order valence-electron chi connectivity index (χ3n) is 4.97. The van der Waals surface area contributed by atoms with Crippen molar-refractivity contribution in [1.29, 1.82) is 0 Å². The molecule has 5 heteroatoms. The minimum atomic E-state index is 0.634. The van der Waals surface area contributed by atoms with Crippen LogP contribution >= 0.6 is 0 Å². The van der Waals surface area contributed by atoms with Crippen LogP contribution in [0.1, 0.15) is 37.6 Å². The third kappa shape index (κ3) is 2.24. The fourth-order valence-corrected chi connectivity index (χ4v) is 3.54. The zero-order valence-electron chi connectivity index (χ0n) is 12.8. The number of anilines is 2. The van der Waals surface area contributed by atoms with E-state index in [2.05, 4.69) is 28.8 Å². The predicted octanol–water partition coefficient (Wildman–Crippen LogP) is 1.60. The quantitative estimate of drug-likeness (QED) is 0.888. The van der Waals surface area contributed by atoms with Gasteiger partial charge < -0.3 is 10.6 Å². The summed E-state index contributed by atoms with van der Waals surface area (Å²) in [7, 11) is 2.27. The van der Waals surface area contributed by atoms with E-state index in [4.69, 9.17) is 10.7 Å². The number of aromatic nitrogens is 2. The standard InChI is InChI=1S/C15H25N5/c1-4-13-17-14(16)10(2)15(18-13)20-8-7-11-5-6-12(9-20)19(11)3/h11-12H,4-9H2,1-3H3,(H2,16,17,18). The molecule has 2 fully saturated rings. The van der Waals surface area contributed by atoms with Crippen LogP contribution in [0.15, 0.2) is 0 Å². The minimum Gasteiger partial charge on any atom is -0.383 e. The molecule has 2 N–H and O–H groups in total. The first-order valence-electron chi connectivity index (χ1n) is 7.70. The number of fused-ring (bicyclic) bond motifs is 2. The monoisotopic (exact) mass is 275 g/mol. The zero-order valence-corrected chi connectivity index (χ0v) is 12.8. The highest BCUT2D eigenvalue weighted by atomic mass is 15.3. The Hall–Kier alpha value is -1.36. The average molecular weight is 275 g/mol. The highest BCUT2D eigenvalue weighted by molar-refractivity contribution is 5.56. The summed E-state index contributed by atoms with van der Waals surface area (Å²) in [5, 5.41) is 0. The molecule has 2 bridgehead atoms. The lowest BCUT2D eigenvalue weighted by Crippen LogP contribution is -2.37. The van der Waals surface area contributed by atoms with Crippen LogP contribution in [0, 0.1) is 6.92 Å². The molecule has 2 aliphatic heterocycles. The lowest BCUT2D eigenvalue weighted by molar-refractivity contribution is 0.254. The van der Waals surface area contributed by atoms with E-state index in [0.29, 0.717) is 11.9 Å². The van der Waals surface area contributed by atoms with Gasteiger partial charge in [0.2, 0.25) is 0 Å². The summed E-state index contributed by atoms with van der Waals surface area (Å²) in [5.41, 5.74) is 7.09. The first-order valence-corrected chi connectivity index (χ1v) is 7.70. The molecule has 1 aromatic heterocycles. The molecule has 2 atom stereocenters. The smallest absolute Gasteiger partial charge is 0.137 e. The van der Waals surface area contributed by atoms with Gasteiger partial charge in [-0.3, -0.25) is 4.90 Å². The molecule has 110 valence electrons. The van der Waals surface area contributed by atoms with Crippen molar-refractivity contribution in [2.45, 2.75) is 51.6 Å². The maximum Gasteiger partial charge on any atom is 0.137 e. The molecule has 0 aromatic carbocycles. The van der Waals surface area contributed by atoms with Gasteiger partial charge >= 0.3 is 0 Å². The molecule has 5 nitrogen and oxygen atoms in total. The van der Waals surface area contributed by atoms with E-state index in [1.807, 2.05) is 6.92 Å². The van der Waals surface area contributed by atoms with Crippen molar-refractivity contribution in [2.24, 2.45) is 0 Å². The number of nitrogens with zero attached hydrogens (tertiary/aromatic N) is 4. The van der Waals surface area contributed by atoms with Crippen LogP contribution in [0.2, 0.25) is 0 Å². The SMILES string of the molecule is CCc1nc(N)c(C)c(N2CCC3CCC(C2)N3C)n1. The molecular formula is C15H25N5. The van der Waals surface area contributed by atoms with E-state index < -0.39 is 0 Å². The maximum atomic E-state index is 6.06. The summed E-state index contributed by atoms with van der Waals surface area (Å²) in [4.78, 5) is 14.1. The Kier molecular flexibility index (Phi) is 3.54. The largest absolute Gasteiger partial charge is 0.383 e. The number of aryl methyl sites for hydroxylation is 1. The lowest BCUT2D eigenvalue weighted by Gasteiger charge is -2.28. The van der Waals surface area contributed by atoms with Gasteiger partial charge in [0.15, 0.2) is 0 Å². The Labute approximate surface area is 121 Å². The fourth-order valence-electron chi connectivity index (χ4n) is 3.54. The van der Waals surface area contributed by atoms with Crippen LogP contribution in [0.25, 0.3) is 0 Å². The van der Waals surface area contributed by atoms with E-state index in [1.165, 1.54) is 19.3 Å². The van der Waals surface area contributed by atoms with Crippen molar-refractivity contribution in [2.75, 3.05) is 30.8 Å². The first-order chi connectivity index (χ1) is 9.60. The van der Waals surface area contributed by atoms with Gasteiger partial charge in [0, 0.05) is 37.2 Å². The second-order valence-electron chi connectivity index (χ2n) is 6.11. The Morgan fingerprint density at radius 2 is 1.95 bits per heavy atom. The van der Waals surface area contributed by atoms with E-state index >= 15 is 0 Å². The molecule has 2 aliphatic rings. The average Bonchev–Trinajstić information content (AvgIpc) is 2.67. The number of likely N-dealkylation sites (N-methyl/N-ethyl adjacent to an activating group) is 1. The van der Waals surface area contributed by atoms with Gasteiger partial charge in [-0.25, -0.2) is 9.97 Å². The minimum absolute atomic E-state index is 0.634.